The molecule has 0 radical (unpaired) electrons. The third-order valence-electron chi connectivity index (χ3n) is 3.41. The molecule has 0 aliphatic carbocycles. The first kappa shape index (κ1) is 19.1. The fourth-order valence-corrected chi connectivity index (χ4v) is 2.92. The molecule has 1 aliphatic rings. The predicted molar refractivity (Wildman–Crippen MR) is 81.2 cm³/mol. The van der Waals surface area contributed by atoms with Gasteiger partial charge in [0.25, 0.3) is 0 Å². The van der Waals surface area contributed by atoms with Crippen LogP contribution in [0.5, 0.6) is 0 Å². The molecule has 0 aromatic carbocycles. The van der Waals surface area contributed by atoms with Crippen LogP contribution in [-0.4, -0.2) is 66.5 Å². The minimum Gasteiger partial charge on any atom is -0.486 e. The Morgan fingerprint density at radius 1 is 1.55 bits per heavy atom. The second-order valence-corrected chi connectivity index (χ2v) is 7.30. The minimum atomic E-state index is -3.61. The molecule has 9 heteroatoms. The molecule has 22 heavy (non-hydrogen) atoms. The Labute approximate surface area is 130 Å². The number of sulfonamides is 1. The van der Waals surface area contributed by atoms with Crippen LogP contribution in [0.15, 0.2) is 24.0 Å². The summed E-state index contributed by atoms with van der Waals surface area (Å²) in [6, 6.07) is -1.77. The SMILES string of the molecule is C=C(C)C1=C[C@H](N)[C@@H](NS(=O)(=O)CC)[C@H]([C@H](O)[C@H](O)CO)O1. The molecule has 0 bridgehead atoms. The van der Waals surface area contributed by atoms with Crippen LogP contribution in [0.25, 0.3) is 0 Å². The molecule has 5 atom stereocenters. The number of allylic oxidation sites excluding steroid dienone is 1. The minimum absolute atomic E-state index is 0.168. The molecule has 1 rings (SSSR count). The first-order chi connectivity index (χ1) is 10.1. The average molecular weight is 336 g/mol. The van der Waals surface area contributed by atoms with E-state index in [9.17, 15) is 18.6 Å². The van der Waals surface area contributed by atoms with Gasteiger partial charge in [0.1, 0.15) is 24.1 Å². The summed E-state index contributed by atoms with van der Waals surface area (Å²) in [6.07, 6.45) is -2.67. The van der Waals surface area contributed by atoms with E-state index in [4.69, 9.17) is 15.6 Å². The summed E-state index contributed by atoms with van der Waals surface area (Å²) < 4.78 is 31.5. The van der Waals surface area contributed by atoms with Crippen LogP contribution in [-0.2, 0) is 14.8 Å². The number of nitrogens with two attached hydrogens (primary N) is 1. The summed E-state index contributed by atoms with van der Waals surface area (Å²) in [6.45, 7) is 6.13. The highest BCUT2D eigenvalue weighted by Gasteiger charge is 2.42. The van der Waals surface area contributed by atoms with E-state index in [1.165, 1.54) is 13.0 Å². The van der Waals surface area contributed by atoms with E-state index >= 15 is 0 Å². The van der Waals surface area contributed by atoms with Crippen molar-refractivity contribution in [2.45, 2.75) is 44.2 Å². The molecule has 0 aromatic rings. The van der Waals surface area contributed by atoms with Crippen LogP contribution in [0, 0.1) is 0 Å². The Bertz CT molecular complexity index is 533. The van der Waals surface area contributed by atoms with Gasteiger partial charge in [0.2, 0.25) is 10.0 Å². The quantitative estimate of drug-likeness (QED) is 0.369. The van der Waals surface area contributed by atoms with Crippen molar-refractivity contribution in [1.29, 1.82) is 0 Å². The molecule has 128 valence electrons. The van der Waals surface area contributed by atoms with Gasteiger partial charge in [-0.3, -0.25) is 0 Å². The Morgan fingerprint density at radius 2 is 2.14 bits per heavy atom. The van der Waals surface area contributed by atoms with E-state index in [0.717, 1.165) is 0 Å². The highest BCUT2D eigenvalue weighted by molar-refractivity contribution is 7.89. The standard InChI is InChI=1S/C13H24N2O6S/c1-4-22(19,20)15-11-8(14)5-10(7(2)3)21-13(11)12(18)9(17)6-16/h5,8-9,11-13,15-18H,2,4,6,14H2,1,3H3/t8-,9+,11+,12+,13+/m0/s1. The monoisotopic (exact) mass is 336 g/mol. The molecule has 0 amide bonds. The molecule has 8 nitrogen and oxygen atoms in total. The lowest BCUT2D eigenvalue weighted by molar-refractivity contribution is -0.0989. The van der Waals surface area contributed by atoms with Gasteiger partial charge in [-0.15, -0.1) is 0 Å². The van der Waals surface area contributed by atoms with Crippen molar-refractivity contribution in [2.75, 3.05) is 12.4 Å². The molecular weight excluding hydrogens is 312 g/mol. The van der Waals surface area contributed by atoms with Crippen LogP contribution >= 0.6 is 0 Å². The van der Waals surface area contributed by atoms with E-state index in [1.54, 1.807) is 6.92 Å². The molecule has 0 fully saturated rings. The zero-order valence-electron chi connectivity index (χ0n) is 12.6. The highest BCUT2D eigenvalue weighted by Crippen LogP contribution is 2.25. The largest absolute Gasteiger partial charge is 0.486 e. The molecule has 1 aliphatic heterocycles. The fourth-order valence-electron chi connectivity index (χ4n) is 2.04. The second kappa shape index (κ2) is 7.53. The van der Waals surface area contributed by atoms with Crippen LogP contribution in [0.1, 0.15) is 13.8 Å². The van der Waals surface area contributed by atoms with Gasteiger partial charge in [0.15, 0.2) is 0 Å². The van der Waals surface area contributed by atoms with Gasteiger partial charge >= 0.3 is 0 Å². The smallest absolute Gasteiger partial charge is 0.211 e. The number of hydrogen-bond donors (Lipinski definition) is 5. The van der Waals surface area contributed by atoms with Crippen molar-refractivity contribution in [1.82, 2.24) is 4.72 Å². The first-order valence-corrected chi connectivity index (χ1v) is 8.55. The Kier molecular flexibility index (Phi) is 6.53. The summed E-state index contributed by atoms with van der Waals surface area (Å²) in [5, 5.41) is 28.7. The van der Waals surface area contributed by atoms with E-state index in [2.05, 4.69) is 11.3 Å². The number of rotatable bonds is 7. The lowest BCUT2D eigenvalue weighted by Crippen LogP contribution is -2.62. The van der Waals surface area contributed by atoms with Crippen molar-refractivity contribution in [3.63, 3.8) is 0 Å². The summed E-state index contributed by atoms with van der Waals surface area (Å²) in [5.74, 6) is 0.146. The molecule has 0 unspecified atom stereocenters. The second-order valence-electron chi connectivity index (χ2n) is 5.26. The fraction of sp³-hybridized carbons (Fsp3) is 0.692. The molecule has 6 N–H and O–H groups in total. The number of ether oxygens (including phenoxy) is 1. The van der Waals surface area contributed by atoms with Gasteiger partial charge in [0.05, 0.1) is 18.4 Å². The van der Waals surface area contributed by atoms with Gasteiger partial charge in [-0.2, -0.15) is 0 Å². The normalized spacial score (nSPS) is 28.5. The third-order valence-corrected chi connectivity index (χ3v) is 4.80. The number of nitrogens with one attached hydrogen (secondary N) is 1. The molecular formula is C13H24N2O6S. The van der Waals surface area contributed by atoms with E-state index in [1.807, 2.05) is 0 Å². The molecule has 0 aromatic heterocycles. The third kappa shape index (κ3) is 4.51. The zero-order valence-corrected chi connectivity index (χ0v) is 13.5. The van der Waals surface area contributed by atoms with Crippen molar-refractivity contribution in [3.05, 3.63) is 24.0 Å². The van der Waals surface area contributed by atoms with E-state index in [-0.39, 0.29) is 5.75 Å². The lowest BCUT2D eigenvalue weighted by atomic mass is 9.93. The van der Waals surface area contributed by atoms with Crippen LogP contribution in [0.4, 0.5) is 0 Å². The van der Waals surface area contributed by atoms with Crippen LogP contribution < -0.4 is 10.5 Å². The van der Waals surface area contributed by atoms with E-state index in [0.29, 0.717) is 11.3 Å². The van der Waals surface area contributed by atoms with Gasteiger partial charge in [0, 0.05) is 6.04 Å². The summed E-state index contributed by atoms with van der Waals surface area (Å²) >= 11 is 0. The van der Waals surface area contributed by atoms with Gasteiger partial charge < -0.3 is 25.8 Å². The summed E-state index contributed by atoms with van der Waals surface area (Å²) in [4.78, 5) is 0. The first-order valence-electron chi connectivity index (χ1n) is 6.89. The maximum atomic E-state index is 11.8. The van der Waals surface area contributed by atoms with Gasteiger partial charge in [-0.25, -0.2) is 13.1 Å². The number of aliphatic hydroxyl groups excluding tert-OH is 3. The maximum Gasteiger partial charge on any atom is 0.211 e. The number of aliphatic hydroxyl groups is 3. The predicted octanol–water partition coefficient (Wildman–Crippen LogP) is -1.81. The molecule has 0 saturated carbocycles. The van der Waals surface area contributed by atoms with Crippen molar-refractivity contribution in [3.8, 4) is 0 Å². The Morgan fingerprint density at radius 3 is 2.59 bits per heavy atom. The Balaban J connectivity index is 3.14. The Hall–Kier alpha value is -0.970. The highest BCUT2D eigenvalue weighted by atomic mass is 32.2. The maximum absolute atomic E-state index is 11.8. The van der Waals surface area contributed by atoms with Crippen molar-refractivity contribution >= 4 is 10.0 Å². The van der Waals surface area contributed by atoms with Gasteiger partial charge in [-0.05, 0) is 25.5 Å². The van der Waals surface area contributed by atoms with Crippen LogP contribution in [0.3, 0.4) is 0 Å². The lowest BCUT2D eigenvalue weighted by Gasteiger charge is -2.39. The van der Waals surface area contributed by atoms with Crippen molar-refractivity contribution < 1.29 is 28.5 Å². The topological polar surface area (TPSA) is 142 Å². The zero-order chi connectivity index (χ0) is 17.1. The molecule has 0 saturated heterocycles. The van der Waals surface area contributed by atoms with E-state index < -0.39 is 47.0 Å². The molecule has 1 heterocycles. The van der Waals surface area contributed by atoms with Crippen LogP contribution in [0.2, 0.25) is 0 Å². The van der Waals surface area contributed by atoms with Crippen molar-refractivity contribution in [2.24, 2.45) is 5.73 Å². The average Bonchev–Trinajstić information content (AvgIpc) is 2.47. The van der Waals surface area contributed by atoms with Gasteiger partial charge in [-0.1, -0.05) is 6.58 Å². The summed E-state index contributed by atoms with van der Waals surface area (Å²) in [5.41, 5.74) is 6.50. The number of hydrogen-bond acceptors (Lipinski definition) is 7. The summed E-state index contributed by atoms with van der Waals surface area (Å²) in [7, 11) is -3.61. The molecule has 0 spiro atoms.